The minimum atomic E-state index is -4.02. The first kappa shape index (κ1) is 20.7. The smallest absolute Gasteiger partial charge is 0.270 e. The van der Waals surface area contributed by atoms with Crippen LogP contribution in [0.5, 0.6) is 0 Å². The molecule has 0 amide bonds. The molecular formula is C21H20N2O5S. The molecule has 7 nitrogen and oxygen atoms in total. The van der Waals surface area contributed by atoms with Gasteiger partial charge in [-0.3, -0.25) is 10.1 Å². The van der Waals surface area contributed by atoms with Crippen molar-refractivity contribution in [3.63, 3.8) is 0 Å². The molecule has 0 aliphatic carbocycles. The number of hydrogen-bond acceptors (Lipinski definition) is 5. The molecular weight excluding hydrogens is 392 g/mol. The zero-order valence-corrected chi connectivity index (χ0v) is 16.5. The SMILES string of the molecule is CC(O)(CNS(=O)(=O)c1cccc([N+](=O)[O-])c1)c1ccc(-c2ccccc2)cc1. The van der Waals surface area contributed by atoms with Crippen molar-refractivity contribution in [1.29, 1.82) is 0 Å². The van der Waals surface area contributed by atoms with E-state index in [1.54, 1.807) is 12.1 Å². The highest BCUT2D eigenvalue weighted by atomic mass is 32.2. The molecule has 2 N–H and O–H groups in total. The Balaban J connectivity index is 1.75. The monoisotopic (exact) mass is 412 g/mol. The Morgan fingerprint density at radius 3 is 2.21 bits per heavy atom. The van der Waals surface area contributed by atoms with E-state index in [1.165, 1.54) is 25.1 Å². The van der Waals surface area contributed by atoms with Gasteiger partial charge >= 0.3 is 0 Å². The average Bonchev–Trinajstić information content (AvgIpc) is 2.73. The number of sulfonamides is 1. The fourth-order valence-corrected chi connectivity index (χ4v) is 4.01. The fraction of sp³-hybridized carbons (Fsp3) is 0.143. The molecule has 0 bridgehead atoms. The number of nitro benzene ring substituents is 1. The summed E-state index contributed by atoms with van der Waals surface area (Å²) in [5.41, 5.74) is 0.755. The Labute approximate surface area is 168 Å². The summed E-state index contributed by atoms with van der Waals surface area (Å²) in [4.78, 5) is 9.97. The zero-order chi connectivity index (χ0) is 21.1. The molecule has 0 aliphatic rings. The number of nitro groups is 1. The van der Waals surface area contributed by atoms with Gasteiger partial charge in [0.15, 0.2) is 0 Å². The first-order chi connectivity index (χ1) is 13.7. The van der Waals surface area contributed by atoms with Crippen LogP contribution in [-0.2, 0) is 15.6 Å². The number of nitrogens with zero attached hydrogens (tertiary/aromatic N) is 1. The largest absolute Gasteiger partial charge is 0.384 e. The van der Waals surface area contributed by atoms with Gasteiger partial charge in [-0.05, 0) is 29.7 Å². The molecule has 3 rings (SSSR count). The minimum Gasteiger partial charge on any atom is -0.384 e. The number of benzene rings is 3. The van der Waals surface area contributed by atoms with Gasteiger partial charge in [0.1, 0.15) is 5.60 Å². The van der Waals surface area contributed by atoms with Gasteiger partial charge in [-0.15, -0.1) is 0 Å². The maximum atomic E-state index is 12.5. The third-order valence-corrected chi connectivity index (χ3v) is 5.96. The van der Waals surface area contributed by atoms with Gasteiger partial charge in [-0.25, -0.2) is 13.1 Å². The van der Waals surface area contributed by atoms with Crippen LogP contribution in [0.1, 0.15) is 12.5 Å². The predicted molar refractivity (Wildman–Crippen MR) is 110 cm³/mol. The Kier molecular flexibility index (Phi) is 5.78. The van der Waals surface area contributed by atoms with Crippen LogP contribution < -0.4 is 4.72 Å². The summed E-state index contributed by atoms with van der Waals surface area (Å²) in [6.07, 6.45) is 0. The van der Waals surface area contributed by atoms with Gasteiger partial charge in [-0.2, -0.15) is 0 Å². The Bertz CT molecular complexity index is 1110. The van der Waals surface area contributed by atoms with Crippen molar-refractivity contribution in [1.82, 2.24) is 4.72 Å². The normalized spacial score (nSPS) is 13.6. The molecule has 1 atom stereocenters. The van der Waals surface area contributed by atoms with Gasteiger partial charge in [0.25, 0.3) is 5.69 Å². The molecule has 0 radical (unpaired) electrons. The van der Waals surface area contributed by atoms with Crippen molar-refractivity contribution in [3.05, 3.63) is 94.5 Å². The molecule has 0 aliphatic heterocycles. The van der Waals surface area contributed by atoms with Crippen molar-refractivity contribution >= 4 is 15.7 Å². The van der Waals surface area contributed by atoms with E-state index in [9.17, 15) is 23.6 Å². The van der Waals surface area contributed by atoms with Crippen LogP contribution >= 0.6 is 0 Å². The molecule has 29 heavy (non-hydrogen) atoms. The lowest BCUT2D eigenvalue weighted by Gasteiger charge is -2.24. The molecule has 0 fully saturated rings. The van der Waals surface area contributed by atoms with Crippen molar-refractivity contribution in [2.45, 2.75) is 17.4 Å². The van der Waals surface area contributed by atoms with E-state index in [1.807, 2.05) is 42.5 Å². The van der Waals surface area contributed by atoms with Crippen LogP contribution in [0.2, 0.25) is 0 Å². The minimum absolute atomic E-state index is 0.234. The third kappa shape index (κ3) is 4.86. The van der Waals surface area contributed by atoms with E-state index in [0.717, 1.165) is 17.2 Å². The summed E-state index contributed by atoms with van der Waals surface area (Å²) in [6, 6.07) is 21.7. The number of hydrogen-bond donors (Lipinski definition) is 2. The second kappa shape index (κ2) is 8.12. The van der Waals surface area contributed by atoms with Crippen LogP contribution in [0.25, 0.3) is 11.1 Å². The summed E-state index contributed by atoms with van der Waals surface area (Å²) in [5, 5.41) is 21.6. The number of rotatable bonds is 7. The standard InChI is InChI=1S/C21H20N2O5S/c1-21(24,18-12-10-17(11-13-18)16-6-3-2-4-7-16)15-22-29(27,28)20-9-5-8-19(14-20)23(25)26/h2-14,22,24H,15H2,1H3. The fourth-order valence-electron chi connectivity index (χ4n) is 2.84. The maximum Gasteiger partial charge on any atom is 0.270 e. The molecule has 1 unspecified atom stereocenters. The summed E-state index contributed by atoms with van der Waals surface area (Å²) >= 11 is 0. The van der Waals surface area contributed by atoms with Crippen LogP contribution in [0.3, 0.4) is 0 Å². The Morgan fingerprint density at radius 2 is 1.59 bits per heavy atom. The first-order valence-electron chi connectivity index (χ1n) is 8.81. The molecule has 3 aromatic rings. The topological polar surface area (TPSA) is 110 Å². The molecule has 0 spiro atoms. The third-order valence-electron chi connectivity index (χ3n) is 4.56. The summed E-state index contributed by atoms with van der Waals surface area (Å²) in [7, 11) is -4.02. The van der Waals surface area contributed by atoms with Crippen molar-refractivity contribution < 1.29 is 18.4 Å². The number of nitrogens with one attached hydrogen (secondary N) is 1. The summed E-state index contributed by atoms with van der Waals surface area (Å²) in [5.74, 6) is 0. The van der Waals surface area contributed by atoms with Gasteiger partial charge in [0.2, 0.25) is 10.0 Å². The highest BCUT2D eigenvalue weighted by molar-refractivity contribution is 7.89. The van der Waals surface area contributed by atoms with Gasteiger partial charge in [0.05, 0.1) is 9.82 Å². The first-order valence-corrected chi connectivity index (χ1v) is 10.3. The van der Waals surface area contributed by atoms with E-state index in [2.05, 4.69) is 4.72 Å². The molecule has 3 aromatic carbocycles. The van der Waals surface area contributed by atoms with Crippen LogP contribution in [-0.4, -0.2) is 25.0 Å². The van der Waals surface area contributed by atoms with E-state index in [-0.39, 0.29) is 17.1 Å². The van der Waals surface area contributed by atoms with E-state index >= 15 is 0 Å². The molecule has 0 heterocycles. The van der Waals surface area contributed by atoms with Gasteiger partial charge < -0.3 is 5.11 Å². The molecule has 0 aromatic heterocycles. The molecule has 150 valence electrons. The van der Waals surface area contributed by atoms with E-state index in [0.29, 0.717) is 5.56 Å². The highest BCUT2D eigenvalue weighted by Crippen LogP contribution is 2.25. The second-order valence-corrected chi connectivity index (χ2v) is 8.56. The van der Waals surface area contributed by atoms with E-state index in [4.69, 9.17) is 0 Å². The molecule has 0 saturated heterocycles. The van der Waals surface area contributed by atoms with Crippen molar-refractivity contribution in [3.8, 4) is 11.1 Å². The zero-order valence-electron chi connectivity index (χ0n) is 15.6. The average molecular weight is 412 g/mol. The second-order valence-electron chi connectivity index (χ2n) is 6.80. The lowest BCUT2D eigenvalue weighted by molar-refractivity contribution is -0.385. The quantitative estimate of drug-likeness (QED) is 0.456. The molecule has 0 saturated carbocycles. The lowest BCUT2D eigenvalue weighted by atomic mass is 9.94. The van der Waals surface area contributed by atoms with Gasteiger partial charge in [-0.1, -0.05) is 60.7 Å². The molecule has 8 heteroatoms. The van der Waals surface area contributed by atoms with E-state index < -0.39 is 20.5 Å². The number of aliphatic hydroxyl groups is 1. The van der Waals surface area contributed by atoms with Gasteiger partial charge in [0, 0.05) is 18.7 Å². The van der Waals surface area contributed by atoms with Crippen LogP contribution in [0.4, 0.5) is 5.69 Å². The van der Waals surface area contributed by atoms with Crippen molar-refractivity contribution in [2.75, 3.05) is 6.54 Å². The number of non-ortho nitro benzene ring substituents is 1. The van der Waals surface area contributed by atoms with Crippen molar-refractivity contribution in [2.24, 2.45) is 0 Å². The van der Waals surface area contributed by atoms with Crippen LogP contribution in [0.15, 0.2) is 83.8 Å². The maximum absolute atomic E-state index is 12.5. The summed E-state index contributed by atoms with van der Waals surface area (Å²) in [6.45, 7) is 1.21. The lowest BCUT2D eigenvalue weighted by Crippen LogP contribution is -2.38. The Hall–Kier alpha value is -3.07. The predicted octanol–water partition coefficient (Wildman–Crippen LogP) is 3.45. The summed E-state index contributed by atoms with van der Waals surface area (Å²) < 4.78 is 27.3. The highest BCUT2D eigenvalue weighted by Gasteiger charge is 2.27. The van der Waals surface area contributed by atoms with Crippen LogP contribution in [0, 0.1) is 10.1 Å². The Morgan fingerprint density at radius 1 is 0.966 bits per heavy atom.